The van der Waals surface area contributed by atoms with Crippen LogP contribution in [0.3, 0.4) is 0 Å². The minimum Gasteiger partial charge on any atom is -0.366 e. The summed E-state index contributed by atoms with van der Waals surface area (Å²) in [5.74, 6) is 0.735. The quantitative estimate of drug-likeness (QED) is 0.292. The maximum absolute atomic E-state index is 5.66. The van der Waals surface area contributed by atoms with Crippen molar-refractivity contribution >= 4 is 40.6 Å². The van der Waals surface area contributed by atoms with Crippen LogP contribution >= 0.6 is 34.8 Å². The van der Waals surface area contributed by atoms with E-state index in [1.807, 2.05) is 48.5 Å². The summed E-state index contributed by atoms with van der Waals surface area (Å²) >= 11 is 16.4. The third kappa shape index (κ3) is 10.7. The van der Waals surface area contributed by atoms with Gasteiger partial charge in [-0.15, -0.1) is 0 Å². The highest BCUT2D eigenvalue weighted by atomic mass is 35.5. The van der Waals surface area contributed by atoms with E-state index in [1.54, 1.807) is 18.3 Å². The smallest absolute Gasteiger partial charge is 0.224 e. The number of rotatable bonds is 4. The number of nitrogens with one attached hydrogen (secondary N) is 1. The Labute approximate surface area is 196 Å². The number of nitrogens with two attached hydrogens (primary N) is 1. The number of halogens is 3. The van der Waals surface area contributed by atoms with E-state index in [-0.39, 0.29) is 10.6 Å². The predicted molar refractivity (Wildman–Crippen MR) is 127 cm³/mol. The van der Waals surface area contributed by atoms with E-state index < -0.39 is 0 Å². The molecule has 2 heterocycles. The van der Waals surface area contributed by atoms with Gasteiger partial charge in [0, 0.05) is 25.5 Å². The van der Waals surface area contributed by atoms with Crippen molar-refractivity contribution in [3.8, 4) is 0 Å². The van der Waals surface area contributed by atoms with Crippen molar-refractivity contribution in [2.24, 2.45) is 5.73 Å². The Morgan fingerprint density at radius 2 is 1.23 bits per heavy atom. The van der Waals surface area contributed by atoms with Crippen molar-refractivity contribution in [2.75, 3.05) is 5.32 Å². The molecule has 0 bridgehead atoms. The fraction of sp³-hybridized carbons (Fsp3) is 0.0909. The lowest BCUT2D eigenvalue weighted by atomic mass is 10.2. The summed E-state index contributed by atoms with van der Waals surface area (Å²) in [4.78, 5) is 15.0. The minimum atomic E-state index is 0.178. The van der Waals surface area contributed by atoms with Crippen LogP contribution in [0.25, 0.3) is 0 Å². The first-order chi connectivity index (χ1) is 15.1. The molecule has 2 aromatic heterocycles. The number of benzene rings is 2. The predicted octanol–water partition coefficient (Wildman–Crippen LogP) is 5.67. The van der Waals surface area contributed by atoms with Crippen LogP contribution in [0.1, 0.15) is 11.1 Å². The van der Waals surface area contributed by atoms with Crippen molar-refractivity contribution in [1.29, 1.82) is 0 Å². The normalized spacial score (nSPS) is 9.55. The molecule has 2 aromatic carbocycles. The fourth-order valence-corrected chi connectivity index (χ4v) is 2.62. The van der Waals surface area contributed by atoms with Gasteiger partial charge in [-0.2, -0.15) is 0 Å². The van der Waals surface area contributed by atoms with Crippen molar-refractivity contribution in [2.45, 2.75) is 13.1 Å². The van der Waals surface area contributed by atoms with Crippen molar-refractivity contribution in [1.82, 2.24) is 19.9 Å². The van der Waals surface area contributed by atoms with Crippen LogP contribution in [0, 0.1) is 0 Å². The highest BCUT2D eigenvalue weighted by Crippen LogP contribution is 2.08. The van der Waals surface area contributed by atoms with Crippen molar-refractivity contribution in [3.05, 3.63) is 112 Å². The number of anilines is 1. The Balaban J connectivity index is 0.000000181. The van der Waals surface area contributed by atoms with E-state index in [2.05, 4.69) is 37.4 Å². The molecule has 0 saturated heterocycles. The van der Waals surface area contributed by atoms with E-state index in [1.165, 1.54) is 17.3 Å². The molecule has 0 radical (unpaired) electrons. The van der Waals surface area contributed by atoms with Gasteiger partial charge in [0.25, 0.3) is 0 Å². The van der Waals surface area contributed by atoms with Crippen LogP contribution in [0.4, 0.5) is 5.82 Å². The number of hydrogen-bond donors (Lipinski definition) is 2. The highest BCUT2D eigenvalue weighted by Gasteiger charge is 1.96. The van der Waals surface area contributed by atoms with Crippen LogP contribution in [0.2, 0.25) is 15.7 Å². The standard InChI is InChI=1S/C11H10ClN3.C7H9N.C4H2Cl2N2/c12-11-13-7-6-10(15-11)14-8-9-4-2-1-3-5-9;8-6-7-4-2-1-3-5-7;5-3-1-2-7-4(6)8-3/h1-7H,8H2,(H,13,14,15);1-5H,6,8H2;1-2H. The van der Waals surface area contributed by atoms with Crippen molar-refractivity contribution in [3.63, 3.8) is 0 Å². The minimum absolute atomic E-state index is 0.178. The van der Waals surface area contributed by atoms with Gasteiger partial charge in [-0.25, -0.2) is 19.9 Å². The molecule has 0 aliphatic rings. The molecular formula is C22H21Cl3N6. The monoisotopic (exact) mass is 474 g/mol. The first-order valence-corrected chi connectivity index (χ1v) is 10.3. The van der Waals surface area contributed by atoms with Gasteiger partial charge in [0.2, 0.25) is 10.6 Å². The lowest BCUT2D eigenvalue weighted by Crippen LogP contribution is -2.01. The molecule has 4 rings (SSSR count). The number of nitrogens with zero attached hydrogens (tertiary/aromatic N) is 4. The average Bonchev–Trinajstić information content (AvgIpc) is 2.80. The van der Waals surface area contributed by atoms with Gasteiger partial charge in [-0.3, -0.25) is 0 Å². The Kier molecular flexibility index (Phi) is 11.3. The first-order valence-electron chi connectivity index (χ1n) is 9.21. The SMILES string of the molecule is Clc1ccnc(Cl)n1.Clc1nccc(NCc2ccccc2)n1.NCc1ccccc1. The molecule has 0 amide bonds. The summed E-state index contributed by atoms with van der Waals surface area (Å²) < 4.78 is 0. The van der Waals surface area contributed by atoms with Crippen LogP contribution < -0.4 is 11.1 Å². The topological polar surface area (TPSA) is 89.6 Å². The Hall–Kier alpha value is -2.77. The highest BCUT2D eigenvalue weighted by molar-refractivity contribution is 6.31. The maximum atomic E-state index is 5.66. The van der Waals surface area contributed by atoms with E-state index in [9.17, 15) is 0 Å². The molecule has 6 nitrogen and oxygen atoms in total. The molecule has 0 aliphatic heterocycles. The zero-order valence-corrected chi connectivity index (χ0v) is 18.8. The summed E-state index contributed by atoms with van der Waals surface area (Å²) in [5, 5.41) is 3.97. The van der Waals surface area contributed by atoms with Gasteiger partial charge in [0.15, 0.2) is 0 Å². The van der Waals surface area contributed by atoms with E-state index >= 15 is 0 Å². The largest absolute Gasteiger partial charge is 0.366 e. The van der Waals surface area contributed by atoms with Crippen LogP contribution in [0.5, 0.6) is 0 Å². The van der Waals surface area contributed by atoms with Crippen LogP contribution in [0.15, 0.2) is 85.2 Å². The second-order valence-electron chi connectivity index (χ2n) is 5.89. The molecule has 0 spiro atoms. The Morgan fingerprint density at radius 3 is 1.68 bits per heavy atom. The van der Waals surface area contributed by atoms with E-state index in [4.69, 9.17) is 40.5 Å². The molecule has 0 saturated carbocycles. The summed E-state index contributed by atoms with van der Waals surface area (Å²) in [5.41, 5.74) is 7.74. The average molecular weight is 476 g/mol. The molecule has 0 atom stereocenters. The van der Waals surface area contributed by atoms with Gasteiger partial charge in [0.1, 0.15) is 11.0 Å². The summed E-state index contributed by atoms with van der Waals surface area (Å²) in [6.07, 6.45) is 3.13. The molecule has 31 heavy (non-hydrogen) atoms. The zero-order chi connectivity index (χ0) is 22.3. The van der Waals surface area contributed by atoms with Gasteiger partial charge in [0.05, 0.1) is 0 Å². The van der Waals surface area contributed by atoms with Gasteiger partial charge >= 0.3 is 0 Å². The first kappa shape index (κ1) is 24.5. The van der Waals surface area contributed by atoms with Crippen molar-refractivity contribution < 1.29 is 0 Å². The lowest BCUT2D eigenvalue weighted by Gasteiger charge is -2.04. The third-order valence-electron chi connectivity index (χ3n) is 3.61. The Morgan fingerprint density at radius 1 is 0.677 bits per heavy atom. The molecule has 4 aromatic rings. The van der Waals surface area contributed by atoms with Gasteiger partial charge in [-0.1, -0.05) is 72.3 Å². The summed E-state index contributed by atoms with van der Waals surface area (Å²) in [6, 6.07) is 23.4. The molecule has 0 unspecified atom stereocenters. The number of hydrogen-bond acceptors (Lipinski definition) is 6. The lowest BCUT2D eigenvalue weighted by molar-refractivity contribution is 1.07. The molecule has 9 heteroatoms. The maximum Gasteiger partial charge on any atom is 0.224 e. The second-order valence-corrected chi connectivity index (χ2v) is 6.95. The van der Waals surface area contributed by atoms with Gasteiger partial charge < -0.3 is 11.1 Å². The van der Waals surface area contributed by atoms with Crippen LogP contribution in [-0.2, 0) is 13.1 Å². The fourth-order valence-electron chi connectivity index (χ4n) is 2.15. The van der Waals surface area contributed by atoms with E-state index in [0.29, 0.717) is 11.7 Å². The Bertz CT molecular complexity index is 1000. The van der Waals surface area contributed by atoms with Gasteiger partial charge in [-0.05, 0) is 46.5 Å². The molecular weight excluding hydrogens is 455 g/mol. The zero-order valence-electron chi connectivity index (χ0n) is 16.5. The summed E-state index contributed by atoms with van der Waals surface area (Å²) in [7, 11) is 0. The number of aromatic nitrogens is 4. The molecule has 160 valence electrons. The third-order valence-corrected chi connectivity index (χ3v) is 4.19. The molecule has 0 fully saturated rings. The molecule has 3 N–H and O–H groups in total. The summed E-state index contributed by atoms with van der Waals surface area (Å²) in [6.45, 7) is 1.37. The second kappa shape index (κ2) is 14.3. The van der Waals surface area contributed by atoms with Crippen LogP contribution in [-0.4, -0.2) is 19.9 Å². The molecule has 0 aliphatic carbocycles. The van der Waals surface area contributed by atoms with E-state index in [0.717, 1.165) is 12.4 Å².